The Morgan fingerprint density at radius 2 is 2.00 bits per heavy atom. The minimum atomic E-state index is -0.644. The molecule has 2 bridgehead atoms. The minimum Gasteiger partial charge on any atom is -0.404 e. The third-order valence-electron chi connectivity index (χ3n) is 9.28. The van der Waals surface area contributed by atoms with Gasteiger partial charge in [0.05, 0.1) is 38.8 Å². The van der Waals surface area contributed by atoms with E-state index in [1.165, 1.54) is 6.42 Å². The highest BCUT2D eigenvalue weighted by atomic mass is 16.7. The second-order valence-corrected chi connectivity index (χ2v) is 12.7. The molecule has 2 saturated heterocycles. The van der Waals surface area contributed by atoms with E-state index in [0.29, 0.717) is 28.4 Å². The number of nitrogens with zero attached hydrogens (tertiary/aromatic N) is 3. The predicted molar refractivity (Wildman–Crippen MR) is 136 cm³/mol. The topological polar surface area (TPSA) is 80.8 Å². The number of amides is 2. The molecule has 3 heterocycles. The third kappa shape index (κ3) is 4.00. The molecule has 0 radical (unpaired) electrons. The van der Waals surface area contributed by atoms with E-state index in [9.17, 15) is 9.59 Å². The Kier molecular flexibility index (Phi) is 5.85. The van der Waals surface area contributed by atoms with Crippen molar-refractivity contribution >= 4 is 24.8 Å². The molecular formula is C26H40BN4O4+. The lowest BCUT2D eigenvalue weighted by Gasteiger charge is -2.64. The SMILES string of the molecule is C[C@@H](NC(=O)c1ccnc([N+](C)(C)C)c1)C(=O)N1CCC[C@H]1B1O[C@@H]2C[C@@H]3C[C@@H](C3(C)C)[C@]2(C)O1. The van der Waals surface area contributed by atoms with E-state index in [1.807, 2.05) is 26.0 Å². The van der Waals surface area contributed by atoms with Gasteiger partial charge in [-0.05, 0) is 62.8 Å². The van der Waals surface area contributed by atoms with E-state index in [2.05, 4.69) is 31.1 Å². The normalized spacial score (nSPS) is 34.3. The highest BCUT2D eigenvalue weighted by molar-refractivity contribution is 6.48. The molecular weight excluding hydrogens is 443 g/mol. The molecule has 3 aliphatic carbocycles. The number of hydrogen-bond donors (Lipinski definition) is 1. The molecule has 6 rings (SSSR count). The van der Waals surface area contributed by atoms with Crippen molar-refractivity contribution in [3.05, 3.63) is 23.9 Å². The zero-order chi connectivity index (χ0) is 25.3. The van der Waals surface area contributed by atoms with Crippen molar-refractivity contribution in [1.82, 2.24) is 19.7 Å². The third-order valence-corrected chi connectivity index (χ3v) is 9.28. The summed E-state index contributed by atoms with van der Waals surface area (Å²) in [5, 5.41) is 2.90. The standard InChI is InChI=1S/C26H39BN4O4/c1-16(29-23(32)17-10-11-28-22(13-17)31(5,6)7)24(33)30-12-8-9-21(30)27-34-20-15-18-14-19(25(18,2)3)26(20,4)35-27/h10-11,13,16,18-21H,8-9,12,14-15H2,1-7H3/p+1/t16-,18+,19+,20-,21+,26+/m1/s1. The Morgan fingerprint density at radius 1 is 1.26 bits per heavy atom. The number of carbonyl (C=O) groups is 2. The highest BCUT2D eigenvalue weighted by Crippen LogP contribution is 2.65. The van der Waals surface area contributed by atoms with Crippen LogP contribution in [0.15, 0.2) is 18.3 Å². The van der Waals surface area contributed by atoms with Crippen LogP contribution < -0.4 is 9.80 Å². The summed E-state index contributed by atoms with van der Waals surface area (Å²) < 4.78 is 13.7. The molecule has 8 nitrogen and oxygen atoms in total. The maximum atomic E-state index is 13.5. The maximum Gasteiger partial charge on any atom is 0.481 e. The van der Waals surface area contributed by atoms with Crippen molar-refractivity contribution in [2.45, 2.75) is 77.1 Å². The van der Waals surface area contributed by atoms with Crippen LogP contribution in [0.4, 0.5) is 5.82 Å². The van der Waals surface area contributed by atoms with Crippen LogP contribution in [0, 0.1) is 17.3 Å². The summed E-state index contributed by atoms with van der Waals surface area (Å²) in [4.78, 5) is 32.6. The van der Waals surface area contributed by atoms with Gasteiger partial charge in [-0.1, -0.05) is 13.8 Å². The number of hydrogen-bond acceptors (Lipinski definition) is 5. The van der Waals surface area contributed by atoms with Crippen molar-refractivity contribution in [3.8, 4) is 0 Å². The van der Waals surface area contributed by atoms with E-state index in [-0.39, 0.29) is 34.9 Å². The first-order chi connectivity index (χ1) is 16.3. The van der Waals surface area contributed by atoms with Crippen molar-refractivity contribution < 1.29 is 18.9 Å². The zero-order valence-electron chi connectivity index (χ0n) is 22.2. The Hall–Kier alpha value is -1.97. The first kappa shape index (κ1) is 24.7. The molecule has 5 fully saturated rings. The zero-order valence-corrected chi connectivity index (χ0v) is 22.2. The van der Waals surface area contributed by atoms with Crippen molar-refractivity contribution in [2.24, 2.45) is 17.3 Å². The quantitative estimate of drug-likeness (QED) is 0.515. The van der Waals surface area contributed by atoms with E-state index in [4.69, 9.17) is 9.31 Å². The van der Waals surface area contributed by atoms with Gasteiger partial charge in [0.1, 0.15) is 6.04 Å². The van der Waals surface area contributed by atoms with Crippen molar-refractivity contribution in [1.29, 1.82) is 0 Å². The lowest BCUT2D eigenvalue weighted by atomic mass is 9.43. The van der Waals surface area contributed by atoms with Crippen molar-refractivity contribution in [3.63, 3.8) is 0 Å². The molecule has 1 aromatic rings. The highest BCUT2D eigenvalue weighted by Gasteiger charge is 2.69. The van der Waals surface area contributed by atoms with Gasteiger partial charge in [-0.2, -0.15) is 0 Å². The van der Waals surface area contributed by atoms with Gasteiger partial charge in [0.25, 0.3) is 5.91 Å². The van der Waals surface area contributed by atoms with Crippen LogP contribution in [0.1, 0.15) is 63.7 Å². The molecule has 2 amide bonds. The molecule has 5 aliphatic rings. The van der Waals surface area contributed by atoms with Crippen LogP contribution in [0.25, 0.3) is 0 Å². The van der Waals surface area contributed by atoms with E-state index in [1.54, 1.807) is 25.3 Å². The Bertz CT molecular complexity index is 1030. The van der Waals surface area contributed by atoms with Gasteiger partial charge in [0, 0.05) is 24.4 Å². The van der Waals surface area contributed by atoms with Crippen molar-refractivity contribution in [2.75, 3.05) is 27.7 Å². The largest absolute Gasteiger partial charge is 0.481 e. The number of nitrogens with one attached hydrogen (secondary N) is 1. The number of carbonyl (C=O) groups excluding carboxylic acids is 2. The van der Waals surface area contributed by atoms with Gasteiger partial charge in [0.15, 0.2) is 0 Å². The number of quaternary nitrogens is 1. The fourth-order valence-corrected chi connectivity index (χ4v) is 6.93. The molecule has 3 saturated carbocycles. The number of likely N-dealkylation sites (tertiary alicyclic amines) is 1. The summed E-state index contributed by atoms with van der Waals surface area (Å²) in [5.74, 6) is 1.49. The second-order valence-electron chi connectivity index (χ2n) is 12.7. The van der Waals surface area contributed by atoms with Crippen LogP contribution in [0.3, 0.4) is 0 Å². The minimum absolute atomic E-state index is 0.0846. The Balaban J connectivity index is 1.25. The molecule has 1 aromatic heterocycles. The summed E-state index contributed by atoms with van der Waals surface area (Å²) >= 11 is 0. The van der Waals surface area contributed by atoms with Crippen LogP contribution in [0.5, 0.6) is 0 Å². The molecule has 2 aliphatic heterocycles. The van der Waals surface area contributed by atoms with Gasteiger partial charge in [0.2, 0.25) is 11.7 Å². The molecule has 6 atom stereocenters. The molecule has 0 unspecified atom stereocenters. The second kappa shape index (κ2) is 8.28. The van der Waals surface area contributed by atoms with Gasteiger partial charge in [-0.15, -0.1) is 0 Å². The first-order valence-electron chi connectivity index (χ1n) is 13.0. The lowest BCUT2D eigenvalue weighted by Crippen LogP contribution is -2.65. The lowest BCUT2D eigenvalue weighted by molar-refractivity contribution is -0.199. The van der Waals surface area contributed by atoms with E-state index >= 15 is 0 Å². The average molecular weight is 483 g/mol. The van der Waals surface area contributed by atoms with Gasteiger partial charge in [-0.25, -0.2) is 4.98 Å². The summed E-state index contributed by atoms with van der Waals surface area (Å²) in [6.07, 6.45) is 5.74. The summed E-state index contributed by atoms with van der Waals surface area (Å²) in [7, 11) is 5.59. The molecule has 0 spiro atoms. The summed E-state index contributed by atoms with van der Waals surface area (Å²) in [6.45, 7) is 9.33. The van der Waals surface area contributed by atoms with Gasteiger partial charge < -0.3 is 19.5 Å². The molecule has 190 valence electrons. The molecule has 35 heavy (non-hydrogen) atoms. The van der Waals surface area contributed by atoms with Gasteiger partial charge >= 0.3 is 7.12 Å². The number of rotatable bonds is 5. The number of aromatic nitrogens is 1. The smallest absolute Gasteiger partial charge is 0.404 e. The molecule has 9 heteroatoms. The Morgan fingerprint density at radius 3 is 2.69 bits per heavy atom. The van der Waals surface area contributed by atoms with Crippen LogP contribution in [-0.2, 0) is 14.1 Å². The van der Waals surface area contributed by atoms with E-state index in [0.717, 1.165) is 25.1 Å². The monoisotopic (exact) mass is 483 g/mol. The fraction of sp³-hybridized carbons (Fsp3) is 0.731. The predicted octanol–water partition coefficient (Wildman–Crippen LogP) is 2.66. The fourth-order valence-electron chi connectivity index (χ4n) is 6.93. The summed E-state index contributed by atoms with van der Waals surface area (Å²) in [5.41, 5.74) is 0.498. The molecule has 1 N–H and O–H groups in total. The molecule has 0 aromatic carbocycles. The first-order valence-corrected chi connectivity index (χ1v) is 13.0. The number of pyridine rings is 1. The van der Waals surface area contributed by atoms with Crippen LogP contribution >= 0.6 is 0 Å². The van der Waals surface area contributed by atoms with E-state index < -0.39 is 13.2 Å². The van der Waals surface area contributed by atoms with Gasteiger partial charge in [-0.3, -0.25) is 14.1 Å². The Labute approximate surface area is 209 Å². The maximum absolute atomic E-state index is 13.5. The van der Waals surface area contributed by atoms with Crippen LogP contribution in [0.2, 0.25) is 0 Å². The average Bonchev–Trinajstić information content (AvgIpc) is 3.41. The van der Waals surface area contributed by atoms with Crippen LogP contribution in [-0.4, -0.2) is 80.2 Å². The summed E-state index contributed by atoms with van der Waals surface area (Å²) in [6, 6.07) is 2.81.